The number of thiophene rings is 1. The minimum absolute atomic E-state index is 0.0542. The summed E-state index contributed by atoms with van der Waals surface area (Å²) in [5.41, 5.74) is 0. The van der Waals surface area contributed by atoms with Gasteiger partial charge >= 0.3 is 6.03 Å². The predicted molar refractivity (Wildman–Crippen MR) is 95.9 cm³/mol. The largest absolute Gasteiger partial charge is 0.377 e. The summed E-state index contributed by atoms with van der Waals surface area (Å²) < 4.78 is 5.61. The normalized spacial score (nSPS) is 18.0. The minimum Gasteiger partial charge on any atom is -0.377 e. The van der Waals surface area contributed by atoms with E-state index < -0.39 is 0 Å². The van der Waals surface area contributed by atoms with E-state index in [1.54, 1.807) is 18.4 Å². The molecule has 0 bridgehead atoms. The zero-order chi connectivity index (χ0) is 17.1. The van der Waals surface area contributed by atoms with E-state index in [-0.39, 0.29) is 12.1 Å². The van der Waals surface area contributed by atoms with Gasteiger partial charge in [-0.05, 0) is 19.4 Å². The molecule has 0 radical (unpaired) electrons. The van der Waals surface area contributed by atoms with Gasteiger partial charge in [0.2, 0.25) is 0 Å². The predicted octanol–water partition coefficient (Wildman–Crippen LogP) is 1.70. The Labute approximate surface area is 145 Å². The van der Waals surface area contributed by atoms with E-state index >= 15 is 0 Å². The minimum atomic E-state index is -0.187. The lowest BCUT2D eigenvalue weighted by atomic mass is 10.2. The molecule has 0 aromatic carbocycles. The molecular formula is C16H23N5O2S. The first-order chi connectivity index (χ1) is 11.6. The van der Waals surface area contributed by atoms with E-state index in [2.05, 4.69) is 33.5 Å². The van der Waals surface area contributed by atoms with Crippen LogP contribution in [0.5, 0.6) is 0 Å². The van der Waals surface area contributed by atoms with Gasteiger partial charge in [-0.3, -0.25) is 0 Å². The van der Waals surface area contributed by atoms with Crippen molar-refractivity contribution in [3.8, 4) is 0 Å². The number of morpholine rings is 1. The number of amides is 2. The molecule has 24 heavy (non-hydrogen) atoms. The second-order valence-corrected chi connectivity index (χ2v) is 6.88. The monoisotopic (exact) mass is 349 g/mol. The lowest BCUT2D eigenvalue weighted by molar-refractivity contribution is 0.0941. The number of rotatable bonds is 4. The van der Waals surface area contributed by atoms with Gasteiger partial charge in [-0.2, -0.15) is 0 Å². The Hall–Kier alpha value is -1.93. The molecule has 2 aromatic rings. The molecule has 7 nitrogen and oxygen atoms in total. The van der Waals surface area contributed by atoms with Crippen LogP contribution in [0.2, 0.25) is 0 Å². The van der Waals surface area contributed by atoms with Crippen molar-refractivity contribution in [3.05, 3.63) is 16.8 Å². The molecule has 1 saturated heterocycles. The number of carbonyl (C=O) groups is 1. The second-order valence-electron chi connectivity index (χ2n) is 5.76. The molecule has 1 aliphatic heterocycles. The zero-order valence-electron chi connectivity index (χ0n) is 14.3. The van der Waals surface area contributed by atoms with Crippen LogP contribution in [0.25, 0.3) is 10.2 Å². The van der Waals surface area contributed by atoms with Crippen molar-refractivity contribution < 1.29 is 9.53 Å². The highest BCUT2D eigenvalue weighted by Gasteiger charge is 2.27. The first kappa shape index (κ1) is 16.9. The third-order valence-electron chi connectivity index (χ3n) is 4.11. The number of aromatic nitrogens is 2. The molecule has 2 N–H and O–H groups in total. The fourth-order valence-corrected chi connectivity index (χ4v) is 3.86. The van der Waals surface area contributed by atoms with Gasteiger partial charge in [-0.25, -0.2) is 14.8 Å². The Bertz CT molecular complexity index is 733. The molecule has 3 heterocycles. The Morgan fingerprint density at radius 3 is 3.08 bits per heavy atom. The summed E-state index contributed by atoms with van der Waals surface area (Å²) >= 11 is 1.72. The molecule has 1 atom stereocenters. The Morgan fingerprint density at radius 2 is 2.33 bits per heavy atom. The summed E-state index contributed by atoms with van der Waals surface area (Å²) in [6, 6.07) is 2.06. The number of carbonyl (C=O) groups excluding carboxylic acids is 1. The Morgan fingerprint density at radius 1 is 1.50 bits per heavy atom. The molecule has 3 rings (SSSR count). The van der Waals surface area contributed by atoms with Crippen molar-refractivity contribution in [1.29, 1.82) is 0 Å². The number of ether oxygens (including phenoxy) is 1. The lowest BCUT2D eigenvalue weighted by Gasteiger charge is -2.36. The molecule has 2 amide bonds. The fraction of sp³-hybridized carbons (Fsp3) is 0.562. The number of hydrogen-bond acceptors (Lipinski definition) is 6. The number of nitrogens with zero attached hydrogens (tertiary/aromatic N) is 3. The summed E-state index contributed by atoms with van der Waals surface area (Å²) in [7, 11) is 1.61. The molecule has 2 aromatic heterocycles. The van der Waals surface area contributed by atoms with E-state index in [1.165, 1.54) is 4.88 Å². The van der Waals surface area contributed by atoms with Crippen LogP contribution < -0.4 is 15.5 Å². The number of hydrogen-bond donors (Lipinski definition) is 2. The van der Waals surface area contributed by atoms with Crippen molar-refractivity contribution >= 4 is 33.4 Å². The van der Waals surface area contributed by atoms with Crippen LogP contribution >= 0.6 is 11.3 Å². The number of nitrogens with one attached hydrogen (secondary N) is 2. The van der Waals surface area contributed by atoms with Gasteiger partial charge in [0.25, 0.3) is 0 Å². The molecular weight excluding hydrogens is 326 g/mol. The van der Waals surface area contributed by atoms with E-state index in [4.69, 9.17) is 9.72 Å². The standard InChI is InChI=1S/C16H23N5O2S/c1-4-12-7-13-14(19-10(2)20-15(13)24-12)21-5-6-23-9-11(21)8-18-16(22)17-3/h7,11H,4-6,8-9H2,1-3H3,(H2,17,18,22). The molecule has 0 saturated carbocycles. The van der Waals surface area contributed by atoms with Crippen LogP contribution in [0.15, 0.2) is 6.07 Å². The highest BCUT2D eigenvalue weighted by Crippen LogP contribution is 2.32. The SMILES string of the molecule is CCc1cc2c(N3CCOCC3CNC(=O)NC)nc(C)nc2s1. The lowest BCUT2D eigenvalue weighted by Crippen LogP contribution is -2.52. The van der Waals surface area contributed by atoms with Gasteiger partial charge in [0, 0.05) is 25.0 Å². The van der Waals surface area contributed by atoms with Crippen molar-refractivity contribution in [2.45, 2.75) is 26.3 Å². The smallest absolute Gasteiger partial charge is 0.314 e. The number of aryl methyl sites for hydroxylation is 2. The zero-order valence-corrected chi connectivity index (χ0v) is 15.1. The van der Waals surface area contributed by atoms with Crippen LogP contribution in [0.1, 0.15) is 17.6 Å². The van der Waals surface area contributed by atoms with Gasteiger partial charge in [-0.1, -0.05) is 6.92 Å². The van der Waals surface area contributed by atoms with Crippen molar-refractivity contribution in [2.24, 2.45) is 0 Å². The van der Waals surface area contributed by atoms with Gasteiger partial charge in [0.05, 0.1) is 24.6 Å². The average molecular weight is 349 g/mol. The van der Waals surface area contributed by atoms with Crippen LogP contribution in [0, 0.1) is 6.92 Å². The average Bonchev–Trinajstić information content (AvgIpc) is 3.02. The molecule has 1 aliphatic rings. The molecule has 130 valence electrons. The molecule has 0 aliphatic carbocycles. The van der Waals surface area contributed by atoms with E-state index in [0.717, 1.165) is 34.8 Å². The number of anilines is 1. The summed E-state index contributed by atoms with van der Waals surface area (Å²) in [6.07, 6.45) is 0.990. The van der Waals surface area contributed by atoms with Crippen molar-refractivity contribution in [2.75, 3.05) is 38.3 Å². The summed E-state index contributed by atoms with van der Waals surface area (Å²) in [5, 5.41) is 6.54. The third-order valence-corrected chi connectivity index (χ3v) is 5.28. The third kappa shape index (κ3) is 3.44. The van der Waals surface area contributed by atoms with Crippen molar-refractivity contribution in [1.82, 2.24) is 20.6 Å². The van der Waals surface area contributed by atoms with Crippen molar-refractivity contribution in [3.63, 3.8) is 0 Å². The summed E-state index contributed by atoms with van der Waals surface area (Å²) in [4.78, 5) is 25.4. The number of urea groups is 1. The maximum Gasteiger partial charge on any atom is 0.314 e. The van der Waals surface area contributed by atoms with Gasteiger partial charge in [-0.15, -0.1) is 11.3 Å². The first-order valence-corrected chi connectivity index (χ1v) is 9.01. The van der Waals surface area contributed by atoms with Crippen LogP contribution in [0.3, 0.4) is 0 Å². The quantitative estimate of drug-likeness (QED) is 0.878. The number of fused-ring (bicyclic) bond motifs is 1. The van der Waals surface area contributed by atoms with Gasteiger partial charge in [0.15, 0.2) is 0 Å². The van der Waals surface area contributed by atoms with E-state index in [9.17, 15) is 4.79 Å². The fourth-order valence-electron chi connectivity index (χ4n) is 2.85. The van der Waals surface area contributed by atoms with Crippen LogP contribution in [-0.4, -0.2) is 55.4 Å². The summed E-state index contributed by atoms with van der Waals surface area (Å²) in [5.74, 6) is 1.71. The second kappa shape index (κ2) is 7.31. The Kier molecular flexibility index (Phi) is 5.15. The van der Waals surface area contributed by atoms with E-state index in [0.29, 0.717) is 19.8 Å². The van der Waals surface area contributed by atoms with Crippen LogP contribution in [0.4, 0.5) is 10.6 Å². The first-order valence-electron chi connectivity index (χ1n) is 8.19. The molecule has 0 spiro atoms. The van der Waals surface area contributed by atoms with Crippen LogP contribution in [-0.2, 0) is 11.2 Å². The summed E-state index contributed by atoms with van der Waals surface area (Å²) in [6.45, 7) is 6.56. The van der Waals surface area contributed by atoms with Gasteiger partial charge < -0.3 is 20.3 Å². The topological polar surface area (TPSA) is 79.4 Å². The highest BCUT2D eigenvalue weighted by molar-refractivity contribution is 7.18. The highest BCUT2D eigenvalue weighted by atomic mass is 32.1. The maximum atomic E-state index is 11.5. The van der Waals surface area contributed by atoms with E-state index in [1.807, 2.05) is 6.92 Å². The Balaban J connectivity index is 1.93. The molecule has 1 unspecified atom stereocenters. The molecule has 1 fully saturated rings. The maximum absolute atomic E-state index is 11.5. The van der Waals surface area contributed by atoms with Gasteiger partial charge in [0.1, 0.15) is 16.5 Å². The molecule has 8 heteroatoms.